The van der Waals surface area contributed by atoms with E-state index in [-0.39, 0.29) is 23.7 Å². The highest BCUT2D eigenvalue weighted by molar-refractivity contribution is 5.80. The van der Waals surface area contributed by atoms with E-state index in [0.717, 1.165) is 19.3 Å². The molecule has 13 heavy (non-hydrogen) atoms. The third-order valence-corrected chi connectivity index (χ3v) is 2.89. The maximum atomic E-state index is 11.0. The molecule has 1 aliphatic rings. The Balaban J connectivity index is 2.49. The summed E-state index contributed by atoms with van der Waals surface area (Å²) < 4.78 is 0. The Morgan fingerprint density at radius 3 is 2.54 bits per heavy atom. The van der Waals surface area contributed by atoms with Crippen LogP contribution in [-0.2, 0) is 4.79 Å². The van der Waals surface area contributed by atoms with E-state index < -0.39 is 0 Å². The van der Waals surface area contributed by atoms with Crippen LogP contribution in [0.3, 0.4) is 0 Å². The number of carbonyl (C=O) groups is 1. The van der Waals surface area contributed by atoms with E-state index in [1.165, 1.54) is 0 Å². The molecule has 0 aromatic carbocycles. The number of rotatable bonds is 2. The Kier molecular flexibility index (Phi) is 2.90. The van der Waals surface area contributed by atoms with Crippen molar-refractivity contribution in [1.82, 2.24) is 4.90 Å². The number of nitrogens with two attached hydrogens (primary N) is 1. The molecule has 4 heteroatoms. The molecule has 1 fully saturated rings. The van der Waals surface area contributed by atoms with Gasteiger partial charge in [-0.1, -0.05) is 0 Å². The fourth-order valence-corrected chi connectivity index (χ4v) is 1.85. The highest BCUT2D eigenvalue weighted by Gasteiger charge is 2.29. The number of nitrogens with one attached hydrogen (secondary N) is 1. The van der Waals surface area contributed by atoms with E-state index in [4.69, 9.17) is 11.1 Å². The van der Waals surface area contributed by atoms with Crippen LogP contribution in [0.15, 0.2) is 0 Å². The van der Waals surface area contributed by atoms with Gasteiger partial charge in [0.25, 0.3) is 0 Å². The van der Waals surface area contributed by atoms with Crippen molar-refractivity contribution >= 4 is 11.7 Å². The van der Waals surface area contributed by atoms with Crippen LogP contribution in [0.25, 0.3) is 0 Å². The van der Waals surface area contributed by atoms with E-state index in [1.807, 2.05) is 7.05 Å². The Bertz CT molecular complexity index is 227. The normalized spacial score (nSPS) is 27.2. The van der Waals surface area contributed by atoms with Crippen LogP contribution < -0.4 is 5.73 Å². The zero-order valence-corrected chi connectivity index (χ0v) is 8.21. The molecule has 0 aliphatic heterocycles. The Morgan fingerprint density at radius 2 is 2.15 bits per heavy atom. The predicted octanol–water partition coefficient (Wildman–Crippen LogP) is 0.569. The van der Waals surface area contributed by atoms with Gasteiger partial charge in [0.15, 0.2) is 0 Å². The summed E-state index contributed by atoms with van der Waals surface area (Å²) in [5.74, 6) is 0.542. The molecule has 1 rings (SSSR count). The molecule has 4 nitrogen and oxygen atoms in total. The number of carbonyl (C=O) groups excluding carboxylic acids is 1. The van der Waals surface area contributed by atoms with Gasteiger partial charge in [0.05, 0.1) is 5.84 Å². The van der Waals surface area contributed by atoms with E-state index >= 15 is 0 Å². The first-order valence-corrected chi connectivity index (χ1v) is 4.59. The van der Waals surface area contributed by atoms with Gasteiger partial charge in [0.1, 0.15) is 0 Å². The average Bonchev–Trinajstić information content (AvgIpc) is 2.50. The molecule has 0 saturated heterocycles. The lowest BCUT2D eigenvalue weighted by atomic mass is 10.1. The summed E-state index contributed by atoms with van der Waals surface area (Å²) in [5, 5.41) is 7.30. The van der Waals surface area contributed by atoms with Crippen LogP contribution in [0.5, 0.6) is 0 Å². The van der Waals surface area contributed by atoms with Crippen molar-refractivity contribution in [3.8, 4) is 0 Å². The Hall–Kier alpha value is -1.06. The molecule has 1 amide bonds. The largest absolute Gasteiger partial charge is 0.387 e. The number of nitrogens with zero attached hydrogens (tertiary/aromatic N) is 1. The zero-order valence-electron chi connectivity index (χ0n) is 8.21. The number of amidine groups is 1. The lowest BCUT2D eigenvalue weighted by Gasteiger charge is -2.22. The standard InChI is InChI=1S/C9H17N3O/c1-6(13)12(2)8-4-3-7(5-8)9(10)11/h7-8H,3-5H2,1-2H3,(H3,10,11). The van der Waals surface area contributed by atoms with Crippen LogP contribution >= 0.6 is 0 Å². The Morgan fingerprint density at radius 1 is 1.54 bits per heavy atom. The molecule has 0 spiro atoms. The highest BCUT2D eigenvalue weighted by Crippen LogP contribution is 2.28. The summed E-state index contributed by atoms with van der Waals surface area (Å²) in [6, 6.07) is 0.284. The minimum atomic E-state index is 0.0919. The maximum absolute atomic E-state index is 11.0. The summed E-state index contributed by atoms with van der Waals surface area (Å²) in [7, 11) is 1.81. The molecule has 0 heterocycles. The van der Waals surface area contributed by atoms with E-state index in [2.05, 4.69) is 0 Å². The van der Waals surface area contributed by atoms with Gasteiger partial charge in [0.2, 0.25) is 5.91 Å². The van der Waals surface area contributed by atoms with Crippen molar-refractivity contribution in [2.45, 2.75) is 32.2 Å². The van der Waals surface area contributed by atoms with Gasteiger partial charge < -0.3 is 10.6 Å². The topological polar surface area (TPSA) is 70.2 Å². The first-order valence-electron chi connectivity index (χ1n) is 4.59. The number of hydrogen-bond acceptors (Lipinski definition) is 2. The van der Waals surface area contributed by atoms with Crippen molar-refractivity contribution in [2.24, 2.45) is 11.7 Å². The molecule has 3 N–H and O–H groups in total. The van der Waals surface area contributed by atoms with Gasteiger partial charge in [-0.2, -0.15) is 0 Å². The monoisotopic (exact) mass is 183 g/mol. The van der Waals surface area contributed by atoms with Crippen molar-refractivity contribution in [3.63, 3.8) is 0 Å². The molecular formula is C9H17N3O. The van der Waals surface area contributed by atoms with Crippen LogP contribution in [-0.4, -0.2) is 29.7 Å². The first-order chi connectivity index (χ1) is 6.02. The smallest absolute Gasteiger partial charge is 0.219 e. The fourth-order valence-electron chi connectivity index (χ4n) is 1.85. The van der Waals surface area contributed by atoms with Gasteiger partial charge in [0, 0.05) is 25.9 Å². The SMILES string of the molecule is CC(=O)N(C)C1CCC(C(=N)N)C1. The van der Waals surface area contributed by atoms with Crippen LogP contribution in [0, 0.1) is 11.3 Å². The maximum Gasteiger partial charge on any atom is 0.219 e. The second-order valence-corrected chi connectivity index (χ2v) is 3.75. The summed E-state index contributed by atoms with van der Waals surface area (Å²) in [5.41, 5.74) is 5.42. The van der Waals surface area contributed by atoms with E-state index in [9.17, 15) is 4.79 Å². The highest BCUT2D eigenvalue weighted by atomic mass is 16.2. The predicted molar refractivity (Wildman–Crippen MR) is 51.5 cm³/mol. The van der Waals surface area contributed by atoms with E-state index in [1.54, 1.807) is 11.8 Å². The molecule has 0 radical (unpaired) electrons. The van der Waals surface area contributed by atoms with Crippen molar-refractivity contribution in [3.05, 3.63) is 0 Å². The molecule has 1 saturated carbocycles. The minimum absolute atomic E-state index is 0.0919. The first kappa shape index (κ1) is 10.0. The Labute approximate surface area is 78.6 Å². The molecule has 1 aliphatic carbocycles. The number of amides is 1. The van der Waals surface area contributed by atoms with Crippen molar-refractivity contribution in [1.29, 1.82) is 5.41 Å². The minimum Gasteiger partial charge on any atom is -0.387 e. The van der Waals surface area contributed by atoms with Gasteiger partial charge in [-0.25, -0.2) is 0 Å². The molecule has 2 atom stereocenters. The molecule has 0 aromatic rings. The second-order valence-electron chi connectivity index (χ2n) is 3.75. The third-order valence-electron chi connectivity index (χ3n) is 2.89. The molecule has 0 aromatic heterocycles. The van der Waals surface area contributed by atoms with Gasteiger partial charge in [-0.15, -0.1) is 0 Å². The summed E-state index contributed by atoms with van der Waals surface area (Å²) in [6.07, 6.45) is 2.77. The van der Waals surface area contributed by atoms with Crippen LogP contribution in [0.4, 0.5) is 0 Å². The number of hydrogen-bond donors (Lipinski definition) is 2. The van der Waals surface area contributed by atoms with E-state index in [0.29, 0.717) is 0 Å². The average molecular weight is 183 g/mol. The zero-order chi connectivity index (χ0) is 10.0. The van der Waals surface area contributed by atoms with Gasteiger partial charge >= 0.3 is 0 Å². The molecule has 74 valence electrons. The molecule has 0 bridgehead atoms. The van der Waals surface area contributed by atoms with Crippen molar-refractivity contribution < 1.29 is 4.79 Å². The van der Waals surface area contributed by atoms with Gasteiger partial charge in [-0.05, 0) is 19.3 Å². The summed E-state index contributed by atoms with van der Waals surface area (Å²) in [6.45, 7) is 1.57. The van der Waals surface area contributed by atoms with Crippen LogP contribution in [0.2, 0.25) is 0 Å². The lowest BCUT2D eigenvalue weighted by Crippen LogP contribution is -2.34. The summed E-state index contributed by atoms with van der Waals surface area (Å²) >= 11 is 0. The quantitative estimate of drug-likeness (QED) is 0.485. The lowest BCUT2D eigenvalue weighted by molar-refractivity contribution is -0.129. The second kappa shape index (κ2) is 3.77. The fraction of sp³-hybridized carbons (Fsp3) is 0.778. The van der Waals surface area contributed by atoms with Crippen LogP contribution in [0.1, 0.15) is 26.2 Å². The molecular weight excluding hydrogens is 166 g/mol. The summed E-state index contributed by atoms with van der Waals surface area (Å²) in [4.78, 5) is 12.8. The van der Waals surface area contributed by atoms with Crippen molar-refractivity contribution in [2.75, 3.05) is 7.05 Å². The third kappa shape index (κ3) is 2.20. The molecule has 2 unspecified atom stereocenters. The van der Waals surface area contributed by atoms with Gasteiger partial charge in [-0.3, -0.25) is 10.2 Å².